The van der Waals surface area contributed by atoms with Crippen LogP contribution in [-0.2, 0) is 4.79 Å². The Morgan fingerprint density at radius 2 is 2.15 bits per heavy atom. The number of nitrogens with one attached hydrogen (secondary N) is 1. The zero-order valence-electron chi connectivity index (χ0n) is 10.9. The van der Waals surface area contributed by atoms with Crippen LogP contribution in [0.25, 0.3) is 0 Å². The van der Waals surface area contributed by atoms with E-state index in [1.807, 2.05) is 43.3 Å². The van der Waals surface area contributed by atoms with Gasteiger partial charge in [0.05, 0.1) is 11.4 Å². The first-order chi connectivity index (χ1) is 9.65. The van der Waals surface area contributed by atoms with E-state index in [9.17, 15) is 4.79 Å². The summed E-state index contributed by atoms with van der Waals surface area (Å²) in [6, 6.07) is 11.3. The van der Waals surface area contributed by atoms with Crippen molar-refractivity contribution in [1.29, 1.82) is 0 Å². The minimum Gasteiger partial charge on any atom is -0.492 e. The lowest BCUT2D eigenvalue weighted by atomic mass is 10.0. The first-order valence-corrected chi connectivity index (χ1v) is 7.10. The zero-order chi connectivity index (χ0) is 14.1. The Balaban J connectivity index is 1.81. The molecule has 0 bridgehead atoms. The number of para-hydroxylation sites is 1. The number of rotatable bonds is 2. The molecule has 1 aliphatic heterocycles. The van der Waals surface area contributed by atoms with Gasteiger partial charge in [0, 0.05) is 5.56 Å². The fourth-order valence-corrected chi connectivity index (χ4v) is 2.66. The van der Waals surface area contributed by atoms with Crippen LogP contribution >= 0.6 is 15.9 Å². The number of carbonyl (C=O) groups excluding carboxylic acids is 1. The van der Waals surface area contributed by atoms with Crippen LogP contribution in [0.5, 0.6) is 5.75 Å². The van der Waals surface area contributed by atoms with Crippen LogP contribution in [0, 0.1) is 6.92 Å². The maximum Gasteiger partial charge on any atom is 0.235 e. The number of pyridine rings is 1. The molecule has 102 valence electrons. The predicted molar refractivity (Wildman–Crippen MR) is 80.0 cm³/mol. The average Bonchev–Trinajstić information content (AvgIpc) is 2.86. The van der Waals surface area contributed by atoms with E-state index in [0.29, 0.717) is 6.61 Å². The fraction of sp³-hybridized carbons (Fsp3) is 0.200. The summed E-state index contributed by atoms with van der Waals surface area (Å²) in [5, 5.41) is 2.92. The first-order valence-electron chi connectivity index (χ1n) is 6.31. The number of aryl methyl sites for hydroxylation is 1. The zero-order valence-corrected chi connectivity index (χ0v) is 12.5. The predicted octanol–water partition coefficient (Wildman–Crippen LogP) is 3.27. The molecule has 0 aliphatic carbocycles. The molecule has 5 heteroatoms. The number of nitrogens with zero attached hydrogens (tertiary/aromatic N) is 1. The number of hydrogen-bond acceptors (Lipinski definition) is 3. The smallest absolute Gasteiger partial charge is 0.235 e. The Morgan fingerprint density at radius 1 is 1.35 bits per heavy atom. The van der Waals surface area contributed by atoms with Crippen LogP contribution in [0.3, 0.4) is 0 Å². The van der Waals surface area contributed by atoms with E-state index in [-0.39, 0.29) is 11.8 Å². The van der Waals surface area contributed by atoms with Gasteiger partial charge in [-0.2, -0.15) is 0 Å². The normalized spacial score (nSPS) is 16.4. The highest BCUT2D eigenvalue weighted by molar-refractivity contribution is 9.10. The van der Waals surface area contributed by atoms with Gasteiger partial charge in [-0.25, -0.2) is 4.98 Å². The molecule has 1 aromatic heterocycles. The van der Waals surface area contributed by atoms with Gasteiger partial charge in [0.25, 0.3) is 0 Å². The van der Waals surface area contributed by atoms with Gasteiger partial charge in [-0.3, -0.25) is 4.79 Å². The number of amides is 1. The fourth-order valence-electron chi connectivity index (χ4n) is 2.26. The molecule has 1 aliphatic rings. The third kappa shape index (κ3) is 2.41. The summed E-state index contributed by atoms with van der Waals surface area (Å²) >= 11 is 3.31. The number of fused-ring (bicyclic) bond motifs is 1. The molecule has 2 heterocycles. The second kappa shape index (κ2) is 5.25. The molecule has 0 fully saturated rings. The number of aromatic nitrogens is 1. The molecule has 1 N–H and O–H groups in total. The van der Waals surface area contributed by atoms with Crippen molar-refractivity contribution >= 4 is 27.5 Å². The molecule has 2 aromatic rings. The number of hydrogen-bond donors (Lipinski definition) is 1. The number of ether oxygens (including phenoxy) is 1. The summed E-state index contributed by atoms with van der Waals surface area (Å²) in [5.41, 5.74) is 2.44. The standard InChI is InChI=1S/C15H13BrN2O2/c1-9-12(6-7-14(16)17-9)18-15(19)11-8-20-13-5-3-2-4-10(11)13/h2-7,11H,8H2,1H3,(H,18,19). The second-order valence-electron chi connectivity index (χ2n) is 4.66. The van der Waals surface area contributed by atoms with Gasteiger partial charge in [-0.15, -0.1) is 0 Å². The van der Waals surface area contributed by atoms with Crippen LogP contribution in [0.15, 0.2) is 41.0 Å². The molecule has 1 aromatic carbocycles. The van der Waals surface area contributed by atoms with Gasteiger partial charge in [-0.1, -0.05) is 18.2 Å². The molecule has 1 atom stereocenters. The largest absolute Gasteiger partial charge is 0.492 e. The summed E-state index contributed by atoms with van der Waals surface area (Å²) in [6.07, 6.45) is 0. The van der Waals surface area contributed by atoms with E-state index in [2.05, 4.69) is 26.2 Å². The average molecular weight is 333 g/mol. The van der Waals surface area contributed by atoms with E-state index in [0.717, 1.165) is 27.3 Å². The van der Waals surface area contributed by atoms with Gasteiger partial charge in [0.15, 0.2) is 0 Å². The summed E-state index contributed by atoms with van der Waals surface area (Å²) in [6.45, 7) is 2.24. The molecular formula is C15H13BrN2O2. The number of anilines is 1. The summed E-state index contributed by atoms with van der Waals surface area (Å²) < 4.78 is 6.29. The molecule has 4 nitrogen and oxygen atoms in total. The molecule has 3 rings (SSSR count). The van der Waals surface area contributed by atoms with Gasteiger partial charge in [-0.05, 0) is 41.1 Å². The molecule has 0 saturated carbocycles. The third-order valence-corrected chi connectivity index (χ3v) is 3.77. The minimum atomic E-state index is -0.269. The second-order valence-corrected chi connectivity index (χ2v) is 5.47. The van der Waals surface area contributed by atoms with Crippen LogP contribution in [-0.4, -0.2) is 17.5 Å². The van der Waals surface area contributed by atoms with E-state index in [1.54, 1.807) is 0 Å². The van der Waals surface area contributed by atoms with Gasteiger partial charge in [0.1, 0.15) is 22.9 Å². The monoisotopic (exact) mass is 332 g/mol. The Labute approximate surface area is 125 Å². The number of carbonyl (C=O) groups is 1. The molecule has 0 spiro atoms. The van der Waals surface area contributed by atoms with Crippen molar-refractivity contribution in [2.24, 2.45) is 0 Å². The third-order valence-electron chi connectivity index (χ3n) is 3.33. The van der Waals surface area contributed by atoms with E-state index in [4.69, 9.17) is 4.74 Å². The van der Waals surface area contributed by atoms with Crippen LogP contribution in [0.2, 0.25) is 0 Å². The highest BCUT2D eigenvalue weighted by Crippen LogP contribution is 2.34. The Hall–Kier alpha value is -1.88. The lowest BCUT2D eigenvalue weighted by Gasteiger charge is -2.12. The van der Waals surface area contributed by atoms with Crippen molar-refractivity contribution < 1.29 is 9.53 Å². The van der Waals surface area contributed by atoms with Gasteiger partial charge >= 0.3 is 0 Å². The maximum absolute atomic E-state index is 12.4. The number of halogens is 1. The number of benzene rings is 1. The highest BCUT2D eigenvalue weighted by Gasteiger charge is 2.30. The van der Waals surface area contributed by atoms with Crippen LogP contribution in [0.1, 0.15) is 17.2 Å². The maximum atomic E-state index is 12.4. The topological polar surface area (TPSA) is 51.2 Å². The molecule has 0 radical (unpaired) electrons. The quantitative estimate of drug-likeness (QED) is 0.858. The SMILES string of the molecule is Cc1nc(Br)ccc1NC(=O)C1COc2ccccc21. The van der Waals surface area contributed by atoms with Crippen molar-refractivity contribution in [1.82, 2.24) is 4.98 Å². The van der Waals surface area contributed by atoms with Crippen molar-refractivity contribution in [3.8, 4) is 5.75 Å². The van der Waals surface area contributed by atoms with Crippen molar-refractivity contribution in [2.45, 2.75) is 12.8 Å². The molecule has 1 unspecified atom stereocenters. The van der Waals surface area contributed by atoms with E-state index in [1.165, 1.54) is 0 Å². The van der Waals surface area contributed by atoms with Crippen molar-refractivity contribution in [2.75, 3.05) is 11.9 Å². The lowest BCUT2D eigenvalue weighted by molar-refractivity contribution is -0.117. The lowest BCUT2D eigenvalue weighted by Crippen LogP contribution is -2.22. The van der Waals surface area contributed by atoms with Crippen LogP contribution in [0.4, 0.5) is 5.69 Å². The minimum absolute atomic E-state index is 0.0674. The molecule has 0 saturated heterocycles. The Bertz CT molecular complexity index is 673. The highest BCUT2D eigenvalue weighted by atomic mass is 79.9. The van der Waals surface area contributed by atoms with E-state index >= 15 is 0 Å². The van der Waals surface area contributed by atoms with Crippen molar-refractivity contribution in [3.05, 3.63) is 52.3 Å². The molecule has 1 amide bonds. The van der Waals surface area contributed by atoms with Crippen molar-refractivity contribution in [3.63, 3.8) is 0 Å². The first kappa shape index (κ1) is 13.1. The van der Waals surface area contributed by atoms with Gasteiger partial charge < -0.3 is 10.1 Å². The van der Waals surface area contributed by atoms with E-state index < -0.39 is 0 Å². The van der Waals surface area contributed by atoms with Crippen LogP contribution < -0.4 is 10.1 Å². The summed E-state index contributed by atoms with van der Waals surface area (Å²) in [7, 11) is 0. The Kier molecular flexibility index (Phi) is 3.44. The molecular weight excluding hydrogens is 320 g/mol. The summed E-state index contributed by atoms with van der Waals surface area (Å²) in [5.74, 6) is 0.453. The van der Waals surface area contributed by atoms with Gasteiger partial charge in [0.2, 0.25) is 5.91 Å². The molecule has 20 heavy (non-hydrogen) atoms. The summed E-state index contributed by atoms with van der Waals surface area (Å²) in [4.78, 5) is 16.7. The Morgan fingerprint density at radius 3 is 2.95 bits per heavy atom.